The maximum Gasteiger partial charge on any atom is 0.275 e. The van der Waals surface area contributed by atoms with E-state index in [1.54, 1.807) is 31.5 Å². The highest BCUT2D eigenvalue weighted by atomic mass is 16.5. The quantitative estimate of drug-likeness (QED) is 0.278. The molecule has 0 aliphatic heterocycles. The number of nitrogens with zero attached hydrogens (tertiary/aromatic N) is 1. The van der Waals surface area contributed by atoms with Crippen molar-refractivity contribution < 1.29 is 14.8 Å². The molecule has 2 N–H and O–H groups in total. The predicted molar refractivity (Wildman–Crippen MR) is 87.7 cm³/mol. The van der Waals surface area contributed by atoms with Crippen molar-refractivity contribution in [3.8, 4) is 0 Å². The van der Waals surface area contributed by atoms with E-state index < -0.39 is 5.91 Å². The Kier molecular flexibility index (Phi) is 6.53. The van der Waals surface area contributed by atoms with Crippen LogP contribution in [-0.4, -0.2) is 31.5 Å². The first-order valence-corrected chi connectivity index (χ1v) is 6.96. The first kappa shape index (κ1) is 17.7. The lowest BCUT2D eigenvalue weighted by atomic mass is 10.0. The Hall–Kier alpha value is -2.40. The molecule has 118 valence electrons. The molecular formula is C17H22N2O3. The Morgan fingerprint density at radius 1 is 1.27 bits per heavy atom. The summed E-state index contributed by atoms with van der Waals surface area (Å²) in [6.07, 6.45) is 4.23. The van der Waals surface area contributed by atoms with E-state index in [0.29, 0.717) is 11.1 Å². The molecule has 0 radical (unpaired) electrons. The first-order chi connectivity index (χ1) is 10.4. The lowest BCUT2D eigenvalue weighted by molar-refractivity contribution is -0.123. The van der Waals surface area contributed by atoms with Crippen LogP contribution in [0, 0.1) is 5.92 Å². The van der Waals surface area contributed by atoms with Crippen LogP contribution in [-0.2, 0) is 9.59 Å². The average molecular weight is 302 g/mol. The number of aldehydes is 1. The summed E-state index contributed by atoms with van der Waals surface area (Å²) in [7, 11) is 3.86. The number of rotatable bonds is 6. The van der Waals surface area contributed by atoms with Crippen molar-refractivity contribution in [2.75, 3.05) is 19.0 Å². The standard InChI is InChI=1S/C17H22N2O3/c1-12(9-13(2)11-20)10-16(17(21)18-22)14-5-7-15(8-6-14)19(3)4/h5-11,13,22H,1-4H3,(H,18,21). The largest absolute Gasteiger partial charge is 0.378 e. The third-order valence-electron chi connectivity index (χ3n) is 3.15. The summed E-state index contributed by atoms with van der Waals surface area (Å²) in [5, 5.41) is 8.93. The van der Waals surface area contributed by atoms with Gasteiger partial charge in [-0.15, -0.1) is 0 Å². The van der Waals surface area contributed by atoms with Crippen molar-refractivity contribution in [3.63, 3.8) is 0 Å². The Bertz CT molecular complexity index is 586. The SMILES string of the molecule is CC(=CC(C)C=O)C=C(C(=O)NO)c1ccc(N(C)C)cc1. The molecule has 5 heteroatoms. The fourth-order valence-electron chi connectivity index (χ4n) is 2.01. The van der Waals surface area contributed by atoms with E-state index in [0.717, 1.165) is 17.5 Å². The van der Waals surface area contributed by atoms with Gasteiger partial charge in [0.15, 0.2) is 0 Å². The monoisotopic (exact) mass is 302 g/mol. The molecule has 0 spiro atoms. The fourth-order valence-corrected chi connectivity index (χ4v) is 2.01. The molecule has 0 aliphatic rings. The second-order valence-electron chi connectivity index (χ2n) is 5.35. The van der Waals surface area contributed by atoms with Gasteiger partial charge in [0.05, 0.1) is 0 Å². The van der Waals surface area contributed by atoms with Crippen molar-refractivity contribution in [2.24, 2.45) is 5.92 Å². The molecule has 5 nitrogen and oxygen atoms in total. The minimum Gasteiger partial charge on any atom is -0.378 e. The summed E-state index contributed by atoms with van der Waals surface area (Å²) < 4.78 is 0. The fraction of sp³-hybridized carbons (Fsp3) is 0.294. The third kappa shape index (κ3) is 4.86. The molecule has 0 saturated carbocycles. The highest BCUT2D eigenvalue weighted by Gasteiger charge is 2.12. The summed E-state index contributed by atoms with van der Waals surface area (Å²) in [5.41, 5.74) is 4.46. The van der Waals surface area contributed by atoms with Crippen molar-refractivity contribution in [3.05, 3.63) is 47.6 Å². The smallest absolute Gasteiger partial charge is 0.275 e. The summed E-state index contributed by atoms with van der Waals surface area (Å²) >= 11 is 0. The zero-order valence-corrected chi connectivity index (χ0v) is 13.3. The van der Waals surface area contributed by atoms with Gasteiger partial charge in [-0.3, -0.25) is 10.0 Å². The Morgan fingerprint density at radius 2 is 1.86 bits per heavy atom. The van der Waals surface area contributed by atoms with Crippen molar-refractivity contribution in [1.82, 2.24) is 5.48 Å². The van der Waals surface area contributed by atoms with Crippen LogP contribution < -0.4 is 10.4 Å². The van der Waals surface area contributed by atoms with Crippen LogP contribution in [0.2, 0.25) is 0 Å². The molecule has 22 heavy (non-hydrogen) atoms. The number of hydrogen-bond acceptors (Lipinski definition) is 4. The van der Waals surface area contributed by atoms with E-state index in [-0.39, 0.29) is 5.92 Å². The van der Waals surface area contributed by atoms with Crippen LogP contribution in [0.1, 0.15) is 19.4 Å². The number of allylic oxidation sites excluding steroid dienone is 3. The van der Waals surface area contributed by atoms with Crippen molar-refractivity contribution >= 4 is 23.5 Å². The van der Waals surface area contributed by atoms with Crippen LogP contribution in [0.15, 0.2) is 42.0 Å². The molecule has 1 rings (SSSR count). The number of hydrogen-bond donors (Lipinski definition) is 2. The average Bonchev–Trinajstić information content (AvgIpc) is 2.51. The maximum atomic E-state index is 11.9. The van der Waals surface area contributed by atoms with Gasteiger partial charge in [0.1, 0.15) is 6.29 Å². The second kappa shape index (κ2) is 8.14. The highest BCUT2D eigenvalue weighted by molar-refractivity contribution is 6.19. The molecule has 1 aromatic carbocycles. The lowest BCUT2D eigenvalue weighted by Crippen LogP contribution is -2.20. The van der Waals surface area contributed by atoms with Crippen molar-refractivity contribution in [2.45, 2.75) is 13.8 Å². The van der Waals surface area contributed by atoms with Gasteiger partial charge in [-0.2, -0.15) is 0 Å². The Balaban J connectivity index is 3.21. The third-order valence-corrected chi connectivity index (χ3v) is 3.15. The molecule has 1 amide bonds. The second-order valence-corrected chi connectivity index (χ2v) is 5.35. The van der Waals surface area contributed by atoms with Crippen LogP contribution in [0.4, 0.5) is 5.69 Å². The molecule has 0 heterocycles. The normalized spacial score (nSPS) is 13.5. The van der Waals surface area contributed by atoms with Gasteiger partial charge in [-0.25, -0.2) is 5.48 Å². The van der Waals surface area contributed by atoms with E-state index in [4.69, 9.17) is 5.21 Å². The zero-order valence-electron chi connectivity index (χ0n) is 13.3. The number of benzene rings is 1. The number of carbonyl (C=O) groups excluding carboxylic acids is 2. The number of hydroxylamine groups is 1. The van der Waals surface area contributed by atoms with Gasteiger partial charge in [-0.1, -0.05) is 30.7 Å². The number of nitrogens with one attached hydrogen (secondary N) is 1. The van der Waals surface area contributed by atoms with Gasteiger partial charge in [-0.05, 0) is 30.7 Å². The zero-order chi connectivity index (χ0) is 16.7. The summed E-state index contributed by atoms with van der Waals surface area (Å²) in [5.74, 6) is -0.824. The number of carbonyl (C=O) groups is 2. The molecule has 1 unspecified atom stereocenters. The van der Waals surface area contributed by atoms with Gasteiger partial charge < -0.3 is 9.69 Å². The Morgan fingerprint density at radius 3 is 2.32 bits per heavy atom. The predicted octanol–water partition coefficient (Wildman–Crippen LogP) is 2.42. The number of amides is 1. The molecule has 0 fully saturated rings. The molecule has 0 bridgehead atoms. The van der Waals surface area contributed by atoms with E-state index >= 15 is 0 Å². The topological polar surface area (TPSA) is 69.6 Å². The van der Waals surface area contributed by atoms with Gasteiger partial charge in [0.2, 0.25) is 0 Å². The first-order valence-electron chi connectivity index (χ1n) is 6.96. The molecule has 1 aromatic rings. The van der Waals surface area contributed by atoms with Gasteiger partial charge in [0, 0.05) is 31.3 Å². The number of anilines is 1. The minimum atomic E-state index is -0.593. The van der Waals surface area contributed by atoms with Crippen LogP contribution in [0.25, 0.3) is 5.57 Å². The van der Waals surface area contributed by atoms with E-state index in [1.165, 1.54) is 0 Å². The molecule has 0 aliphatic carbocycles. The van der Waals surface area contributed by atoms with E-state index in [1.807, 2.05) is 43.3 Å². The maximum absolute atomic E-state index is 11.9. The van der Waals surface area contributed by atoms with Crippen LogP contribution >= 0.6 is 0 Å². The molecule has 0 aromatic heterocycles. The highest BCUT2D eigenvalue weighted by Crippen LogP contribution is 2.21. The molecule has 1 atom stereocenters. The van der Waals surface area contributed by atoms with E-state index in [2.05, 4.69) is 0 Å². The van der Waals surface area contributed by atoms with Crippen LogP contribution in [0.5, 0.6) is 0 Å². The van der Waals surface area contributed by atoms with Crippen molar-refractivity contribution in [1.29, 1.82) is 0 Å². The summed E-state index contributed by atoms with van der Waals surface area (Å²) in [6.45, 7) is 3.57. The van der Waals surface area contributed by atoms with Gasteiger partial charge in [0.25, 0.3) is 5.91 Å². The molecular weight excluding hydrogens is 280 g/mol. The lowest BCUT2D eigenvalue weighted by Gasteiger charge is -2.13. The van der Waals surface area contributed by atoms with Gasteiger partial charge >= 0.3 is 0 Å². The van der Waals surface area contributed by atoms with Crippen LogP contribution in [0.3, 0.4) is 0 Å². The van der Waals surface area contributed by atoms with E-state index in [9.17, 15) is 9.59 Å². The summed E-state index contributed by atoms with van der Waals surface area (Å²) in [6, 6.07) is 7.40. The summed E-state index contributed by atoms with van der Waals surface area (Å²) in [4.78, 5) is 24.5. The Labute approximate surface area is 130 Å². The minimum absolute atomic E-state index is 0.231. The molecule has 0 saturated heterocycles.